The highest BCUT2D eigenvalue weighted by Crippen LogP contribution is 2.18. The monoisotopic (exact) mass is 265 g/mol. The normalized spacial score (nSPS) is 12.4. The summed E-state index contributed by atoms with van der Waals surface area (Å²) in [5.41, 5.74) is 1.14. The molecule has 1 unspecified atom stereocenters. The molecule has 106 valence electrons. The Labute approximate surface area is 114 Å². The topological polar surface area (TPSA) is 58.6 Å². The average Bonchev–Trinajstić information content (AvgIpc) is 2.37. The quantitative estimate of drug-likeness (QED) is 0.758. The van der Waals surface area contributed by atoms with Crippen molar-refractivity contribution in [3.63, 3.8) is 0 Å². The third kappa shape index (κ3) is 5.30. The number of carboxylic acids is 1. The number of hydrogen-bond donors (Lipinski definition) is 2. The summed E-state index contributed by atoms with van der Waals surface area (Å²) in [5, 5.41) is 12.1. The molecule has 0 aliphatic rings. The zero-order valence-electron chi connectivity index (χ0n) is 11.8. The van der Waals surface area contributed by atoms with Crippen LogP contribution in [-0.2, 0) is 11.2 Å². The van der Waals surface area contributed by atoms with Gasteiger partial charge in [0.25, 0.3) is 0 Å². The van der Waals surface area contributed by atoms with Crippen LogP contribution in [0.3, 0.4) is 0 Å². The Morgan fingerprint density at radius 2 is 2.05 bits per heavy atom. The molecule has 0 aliphatic carbocycles. The molecule has 0 aliphatic heterocycles. The average molecular weight is 265 g/mol. The summed E-state index contributed by atoms with van der Waals surface area (Å²) in [7, 11) is 0. The summed E-state index contributed by atoms with van der Waals surface area (Å²) in [6, 6.07) is 7.43. The summed E-state index contributed by atoms with van der Waals surface area (Å²) in [4.78, 5) is 11.1. The molecular weight excluding hydrogens is 242 g/mol. The second kappa shape index (κ2) is 7.79. The Hall–Kier alpha value is -1.55. The highest BCUT2D eigenvalue weighted by Gasteiger charge is 2.17. The SMILES string of the molecule is CCc1ccccc1OCCC(NC(C)C)C(=O)O. The van der Waals surface area contributed by atoms with Gasteiger partial charge >= 0.3 is 5.97 Å². The molecule has 1 rings (SSSR count). The molecule has 0 radical (unpaired) electrons. The highest BCUT2D eigenvalue weighted by molar-refractivity contribution is 5.73. The van der Waals surface area contributed by atoms with Gasteiger partial charge in [-0.05, 0) is 18.1 Å². The maximum atomic E-state index is 11.1. The third-order valence-electron chi connectivity index (χ3n) is 2.85. The lowest BCUT2D eigenvalue weighted by Crippen LogP contribution is -2.41. The Balaban J connectivity index is 2.49. The first-order chi connectivity index (χ1) is 9.04. The van der Waals surface area contributed by atoms with Crippen molar-refractivity contribution < 1.29 is 14.6 Å². The number of rotatable bonds is 8. The van der Waals surface area contributed by atoms with E-state index in [-0.39, 0.29) is 6.04 Å². The Morgan fingerprint density at radius 3 is 2.63 bits per heavy atom. The third-order valence-corrected chi connectivity index (χ3v) is 2.85. The number of nitrogens with one attached hydrogen (secondary N) is 1. The van der Waals surface area contributed by atoms with E-state index in [1.807, 2.05) is 38.1 Å². The van der Waals surface area contributed by atoms with Gasteiger partial charge in [-0.15, -0.1) is 0 Å². The van der Waals surface area contributed by atoms with Gasteiger partial charge in [-0.1, -0.05) is 39.0 Å². The van der Waals surface area contributed by atoms with Crippen molar-refractivity contribution in [2.75, 3.05) is 6.61 Å². The van der Waals surface area contributed by atoms with E-state index in [1.165, 1.54) is 0 Å². The highest BCUT2D eigenvalue weighted by atomic mass is 16.5. The maximum Gasteiger partial charge on any atom is 0.320 e. The Morgan fingerprint density at radius 1 is 1.37 bits per heavy atom. The minimum absolute atomic E-state index is 0.143. The van der Waals surface area contributed by atoms with E-state index in [9.17, 15) is 4.79 Å². The van der Waals surface area contributed by atoms with Crippen LogP contribution in [0.25, 0.3) is 0 Å². The zero-order valence-corrected chi connectivity index (χ0v) is 11.8. The van der Waals surface area contributed by atoms with E-state index in [0.29, 0.717) is 13.0 Å². The first kappa shape index (κ1) is 15.5. The second-order valence-corrected chi connectivity index (χ2v) is 4.81. The van der Waals surface area contributed by atoms with Gasteiger partial charge in [-0.2, -0.15) is 0 Å². The fraction of sp³-hybridized carbons (Fsp3) is 0.533. The molecule has 0 amide bonds. The van der Waals surface area contributed by atoms with Crippen molar-refractivity contribution in [1.29, 1.82) is 0 Å². The fourth-order valence-corrected chi connectivity index (χ4v) is 1.90. The molecule has 19 heavy (non-hydrogen) atoms. The van der Waals surface area contributed by atoms with Crippen LogP contribution >= 0.6 is 0 Å². The zero-order chi connectivity index (χ0) is 14.3. The number of aryl methyl sites for hydroxylation is 1. The first-order valence-electron chi connectivity index (χ1n) is 6.74. The minimum atomic E-state index is -0.832. The van der Waals surface area contributed by atoms with E-state index in [1.54, 1.807) is 0 Å². The van der Waals surface area contributed by atoms with Gasteiger partial charge in [0.1, 0.15) is 11.8 Å². The fourth-order valence-electron chi connectivity index (χ4n) is 1.90. The molecule has 0 saturated carbocycles. The van der Waals surface area contributed by atoms with Crippen LogP contribution in [-0.4, -0.2) is 29.8 Å². The summed E-state index contributed by atoms with van der Waals surface area (Å²) >= 11 is 0. The Bertz CT molecular complexity index is 404. The lowest BCUT2D eigenvalue weighted by Gasteiger charge is -2.18. The minimum Gasteiger partial charge on any atom is -0.493 e. The van der Waals surface area contributed by atoms with Crippen molar-refractivity contribution in [3.8, 4) is 5.75 Å². The van der Waals surface area contributed by atoms with Crippen molar-refractivity contribution in [3.05, 3.63) is 29.8 Å². The van der Waals surface area contributed by atoms with Gasteiger partial charge in [0.2, 0.25) is 0 Å². The van der Waals surface area contributed by atoms with Crippen LogP contribution in [0.4, 0.5) is 0 Å². The van der Waals surface area contributed by atoms with E-state index in [4.69, 9.17) is 9.84 Å². The molecule has 1 aromatic carbocycles. The van der Waals surface area contributed by atoms with Gasteiger partial charge in [0.05, 0.1) is 6.61 Å². The number of hydrogen-bond acceptors (Lipinski definition) is 3. The van der Waals surface area contributed by atoms with Gasteiger partial charge in [-0.25, -0.2) is 0 Å². The van der Waals surface area contributed by atoms with Crippen LogP contribution in [0.2, 0.25) is 0 Å². The maximum absolute atomic E-state index is 11.1. The van der Waals surface area contributed by atoms with E-state index < -0.39 is 12.0 Å². The molecular formula is C15H23NO3. The predicted octanol–water partition coefficient (Wildman–Crippen LogP) is 2.47. The van der Waals surface area contributed by atoms with Crippen molar-refractivity contribution in [1.82, 2.24) is 5.32 Å². The van der Waals surface area contributed by atoms with Crippen LogP contribution in [0.15, 0.2) is 24.3 Å². The molecule has 2 N–H and O–H groups in total. The number of aliphatic carboxylic acids is 1. The van der Waals surface area contributed by atoms with Gasteiger partial charge in [0.15, 0.2) is 0 Å². The smallest absolute Gasteiger partial charge is 0.320 e. The van der Waals surface area contributed by atoms with Crippen molar-refractivity contribution in [2.45, 2.75) is 45.7 Å². The summed E-state index contributed by atoms with van der Waals surface area (Å²) in [6.07, 6.45) is 1.36. The number of benzene rings is 1. The van der Waals surface area contributed by atoms with Gasteiger partial charge in [-0.3, -0.25) is 4.79 Å². The van der Waals surface area contributed by atoms with Crippen molar-refractivity contribution in [2.24, 2.45) is 0 Å². The van der Waals surface area contributed by atoms with Crippen LogP contribution < -0.4 is 10.1 Å². The summed E-state index contributed by atoms with van der Waals surface area (Å²) in [6.45, 7) is 6.34. The molecule has 0 bridgehead atoms. The van der Waals surface area contributed by atoms with E-state index in [0.717, 1.165) is 17.7 Å². The van der Waals surface area contributed by atoms with Crippen LogP contribution in [0.1, 0.15) is 32.8 Å². The molecule has 1 atom stereocenters. The van der Waals surface area contributed by atoms with E-state index in [2.05, 4.69) is 12.2 Å². The molecule has 0 heterocycles. The second-order valence-electron chi connectivity index (χ2n) is 4.81. The van der Waals surface area contributed by atoms with Crippen molar-refractivity contribution >= 4 is 5.97 Å². The van der Waals surface area contributed by atoms with Crippen LogP contribution in [0, 0.1) is 0 Å². The molecule has 0 spiro atoms. The molecule has 0 saturated heterocycles. The standard InChI is InChI=1S/C15H23NO3/c1-4-12-7-5-6-8-14(12)19-10-9-13(15(17)18)16-11(2)3/h5-8,11,13,16H,4,9-10H2,1-3H3,(H,17,18). The predicted molar refractivity (Wildman–Crippen MR) is 75.6 cm³/mol. The summed E-state index contributed by atoms with van der Waals surface area (Å²) in [5.74, 6) is 0.0137. The number of ether oxygens (including phenoxy) is 1. The molecule has 1 aromatic rings. The lowest BCUT2D eigenvalue weighted by atomic mass is 10.1. The molecule has 0 fully saturated rings. The first-order valence-corrected chi connectivity index (χ1v) is 6.74. The number of carboxylic acid groups (broad SMARTS) is 1. The molecule has 0 aromatic heterocycles. The van der Waals surface area contributed by atoms with Gasteiger partial charge < -0.3 is 15.2 Å². The van der Waals surface area contributed by atoms with Crippen LogP contribution in [0.5, 0.6) is 5.75 Å². The number of carbonyl (C=O) groups is 1. The van der Waals surface area contributed by atoms with E-state index >= 15 is 0 Å². The summed E-state index contributed by atoms with van der Waals surface area (Å²) < 4.78 is 5.69. The lowest BCUT2D eigenvalue weighted by molar-refractivity contribution is -0.140. The Kier molecular flexibility index (Phi) is 6.36. The molecule has 4 heteroatoms. The molecule has 4 nitrogen and oxygen atoms in total. The number of para-hydroxylation sites is 1. The largest absolute Gasteiger partial charge is 0.493 e. The van der Waals surface area contributed by atoms with Gasteiger partial charge in [0, 0.05) is 12.5 Å².